The van der Waals surface area contributed by atoms with E-state index in [0.717, 1.165) is 0 Å². The highest BCUT2D eigenvalue weighted by molar-refractivity contribution is 6.88. The third-order valence-corrected chi connectivity index (χ3v) is 23.0. The summed E-state index contributed by atoms with van der Waals surface area (Å²) in [5.74, 6) is 0. The summed E-state index contributed by atoms with van der Waals surface area (Å²) >= 11 is 0. The Labute approximate surface area is 203 Å². The van der Waals surface area contributed by atoms with Gasteiger partial charge in [0, 0.05) is 16.8 Å². The zero-order valence-electron chi connectivity index (χ0n) is 24.6. The van der Waals surface area contributed by atoms with Crippen LogP contribution >= 0.6 is 0 Å². The molecule has 0 amide bonds. The molecule has 0 spiro atoms. The van der Waals surface area contributed by atoms with E-state index < -0.39 is 51.1 Å². The summed E-state index contributed by atoms with van der Waals surface area (Å²) in [4.78, 5) is 0. The van der Waals surface area contributed by atoms with Crippen molar-refractivity contribution in [2.45, 2.75) is 104 Å². The lowest BCUT2D eigenvalue weighted by Gasteiger charge is -2.37. The van der Waals surface area contributed by atoms with Gasteiger partial charge >= 0.3 is 17.1 Å². The monoisotopic (exact) mass is 524 g/mol. The predicted molar refractivity (Wildman–Crippen MR) is 156 cm³/mol. The van der Waals surface area contributed by atoms with Crippen molar-refractivity contribution in [3.05, 3.63) is 12.3 Å². The Morgan fingerprint density at radius 3 is 1.53 bits per heavy atom. The van der Waals surface area contributed by atoms with Gasteiger partial charge in [-0.1, -0.05) is 19.0 Å². The van der Waals surface area contributed by atoms with Crippen molar-refractivity contribution < 1.29 is 16.5 Å². The summed E-state index contributed by atoms with van der Waals surface area (Å²) < 4.78 is 35.0. The van der Waals surface area contributed by atoms with Gasteiger partial charge in [0.2, 0.25) is 0 Å². The Kier molecular flexibility index (Phi) is 16.6. The van der Waals surface area contributed by atoms with E-state index >= 15 is 0 Å². The molecule has 0 atom stereocenters. The molecule has 4 nitrogen and oxygen atoms in total. The van der Waals surface area contributed by atoms with Crippen LogP contribution in [0.25, 0.3) is 0 Å². The van der Waals surface area contributed by atoms with Gasteiger partial charge in [-0.15, -0.1) is 6.58 Å². The summed E-state index contributed by atoms with van der Waals surface area (Å²) in [5, 5.41) is 0. The molecule has 0 bridgehead atoms. The Morgan fingerprint density at radius 2 is 1.23 bits per heavy atom. The topological polar surface area (TPSA) is 36.9 Å². The third kappa shape index (κ3) is 23.7. The molecule has 0 saturated heterocycles. The molecular weight excluding hydrogens is 470 g/mol. The van der Waals surface area contributed by atoms with Crippen molar-refractivity contribution in [2.75, 3.05) is 0 Å². The van der Waals surface area contributed by atoms with Gasteiger partial charge in [0.15, 0.2) is 34.0 Å². The lowest BCUT2D eigenvalue weighted by molar-refractivity contribution is 0.391. The zero-order chi connectivity index (χ0) is 27.0. The first-order valence-corrected chi connectivity index (χ1v) is 28.5. The normalized spacial score (nSPS) is 13.4. The second-order valence-corrected chi connectivity index (χ2v) is 33.7. The molecule has 0 N–H and O–H groups in total. The fourth-order valence-corrected chi connectivity index (χ4v) is 27.3. The molecule has 30 heavy (non-hydrogen) atoms. The average molecular weight is 525 g/mol. The van der Waals surface area contributed by atoms with Crippen LogP contribution in [0.15, 0.2) is 12.3 Å². The average Bonchev–Trinajstić information content (AvgIpc) is 2.53. The van der Waals surface area contributed by atoms with Crippen molar-refractivity contribution in [1.29, 1.82) is 2.67 Å². The van der Waals surface area contributed by atoms with E-state index in [4.69, 9.17) is 19.1 Å². The summed E-state index contributed by atoms with van der Waals surface area (Å²) in [5.41, 5.74) is 1.97. The van der Waals surface area contributed by atoms with E-state index in [1.807, 2.05) is 5.70 Å². The van der Waals surface area contributed by atoms with E-state index in [1.54, 1.807) is 0 Å². The fourth-order valence-electron chi connectivity index (χ4n) is 3.34. The van der Waals surface area contributed by atoms with Gasteiger partial charge in [0.05, 0.1) is 0 Å². The first-order valence-electron chi connectivity index (χ1n) is 11.7. The Bertz CT molecular complexity index is 481. The standard InChI is InChI=1S/C10H28O2Si3.C8H22O2Si3.2BH/c1-9-10-14(5,6)12-15(7,8)11-13(2,3)4;1-8-12(4,5)10-13(6,7)9-11(2)3;;/h9-10H2,1-8H3;8,11H,1H2,2-7H3;2*1H/i;;2*1D. The maximum Gasteiger partial charge on any atom is 0.311 e. The van der Waals surface area contributed by atoms with Gasteiger partial charge < -0.3 is 16.5 Å². The molecule has 4 radical (unpaired) electrons. The number of rotatable bonds is 11. The number of hydrogen-bond donors (Lipinski definition) is 0. The molecule has 0 aliphatic carbocycles. The summed E-state index contributed by atoms with van der Waals surface area (Å²) in [6, 6.07) is 1.23. The Balaban J connectivity index is -0.000000213. The van der Waals surface area contributed by atoms with Crippen LogP contribution in [-0.2, 0) is 16.5 Å². The lowest BCUT2D eigenvalue weighted by Crippen LogP contribution is -2.51. The molecule has 0 fully saturated rings. The molecule has 12 heteroatoms. The van der Waals surface area contributed by atoms with E-state index in [-0.39, 0.29) is 0 Å². The first kappa shape index (κ1) is 33.2. The SMILES string of the molecule is C=C[Si](C)(C)O[Si](C)(C)O[SiH](C)C.CCC[Si](C)(C)O[Si](C)(C)O[Si](C)(C)C.[2H][B].[2H][B]. The van der Waals surface area contributed by atoms with Crippen LogP contribution in [0.4, 0.5) is 0 Å². The smallest absolute Gasteiger partial charge is 0.311 e. The van der Waals surface area contributed by atoms with Gasteiger partial charge in [-0.2, -0.15) is 0 Å². The van der Waals surface area contributed by atoms with Gasteiger partial charge in [-0.25, -0.2) is 0 Å². The molecule has 178 valence electrons. The molecule has 0 aliphatic rings. The molecule has 0 unspecified atom stereocenters. The molecule has 0 rings (SSSR count). The predicted octanol–water partition coefficient (Wildman–Crippen LogP) is 5.51. The summed E-state index contributed by atoms with van der Waals surface area (Å²) in [7, 11) is -1.82. The van der Waals surface area contributed by atoms with Gasteiger partial charge in [-0.05, 0) is 93.8 Å². The van der Waals surface area contributed by atoms with Crippen molar-refractivity contribution in [3.63, 3.8) is 0 Å². The zero-order valence-corrected chi connectivity index (χ0v) is 28.7. The molecule has 0 aromatic rings. The molecule has 0 aromatic carbocycles. The Hall–Kier alpha value is 1.01. The quantitative estimate of drug-likeness (QED) is 0.334. The van der Waals surface area contributed by atoms with Crippen LogP contribution in [0.5, 0.6) is 0 Å². The minimum absolute atomic E-state index is 0.971. The van der Waals surface area contributed by atoms with Crippen molar-refractivity contribution in [1.82, 2.24) is 0 Å². The van der Waals surface area contributed by atoms with Crippen LogP contribution in [0.3, 0.4) is 0 Å². The van der Waals surface area contributed by atoms with E-state index in [2.05, 4.69) is 115 Å². The molecule has 0 aliphatic heterocycles. The highest BCUT2D eigenvalue weighted by Gasteiger charge is 2.37. The third-order valence-electron chi connectivity index (χ3n) is 3.45. The molecule has 0 aromatic heterocycles. The van der Waals surface area contributed by atoms with Gasteiger partial charge in [0.1, 0.15) is 0 Å². The summed E-state index contributed by atoms with van der Waals surface area (Å²) in [6.07, 6.45) is 1.22. The minimum Gasteiger partial charge on any atom is -0.440 e. The van der Waals surface area contributed by atoms with E-state index in [9.17, 15) is 0 Å². The minimum atomic E-state index is -1.89. The molecule has 0 heterocycles. The maximum absolute atomic E-state index is 6.33. The second kappa shape index (κ2) is 15.0. The van der Waals surface area contributed by atoms with E-state index in [0.29, 0.717) is 0 Å². The summed E-state index contributed by atoms with van der Waals surface area (Å²) in [6.45, 7) is 34.6. The first-order chi connectivity index (χ1) is 14.2. The molecule has 0 saturated carbocycles. The highest BCUT2D eigenvalue weighted by atomic mass is 28.5. The second-order valence-electron chi connectivity index (χ2n) is 10.7. The van der Waals surface area contributed by atoms with E-state index in [1.165, 1.54) is 12.5 Å². The van der Waals surface area contributed by atoms with Crippen molar-refractivity contribution in [2.24, 2.45) is 0 Å². The van der Waals surface area contributed by atoms with Gasteiger partial charge in [-0.3, -0.25) is 0 Å². The molecular formula is C18H52B2O4Si6. The maximum atomic E-state index is 6.33. The van der Waals surface area contributed by atoms with Crippen LogP contribution in [0.1, 0.15) is 13.3 Å². The van der Waals surface area contributed by atoms with Crippen molar-refractivity contribution in [3.8, 4) is 0 Å². The van der Waals surface area contributed by atoms with Crippen LogP contribution in [0.2, 0.25) is 91.2 Å². The van der Waals surface area contributed by atoms with Crippen LogP contribution < -0.4 is 0 Å². The lowest BCUT2D eigenvalue weighted by atomic mass is 10.6. The van der Waals surface area contributed by atoms with Gasteiger partial charge in [0.25, 0.3) is 0 Å². The largest absolute Gasteiger partial charge is 0.440 e. The number of hydrogen-bond acceptors (Lipinski definition) is 4. The Morgan fingerprint density at radius 1 is 0.800 bits per heavy atom. The van der Waals surface area contributed by atoms with Crippen LogP contribution in [0, 0.1) is 0 Å². The van der Waals surface area contributed by atoms with Crippen LogP contribution in [-0.4, -0.2) is 70.5 Å². The fraction of sp³-hybridized carbons (Fsp3) is 0.889. The van der Waals surface area contributed by atoms with Crippen molar-refractivity contribution >= 4 is 67.9 Å². The highest BCUT2D eigenvalue weighted by Crippen LogP contribution is 2.23.